The number of hydrogen-bond acceptors (Lipinski definition) is 4. The Morgan fingerprint density at radius 2 is 1.62 bits per heavy atom. The van der Waals surface area contributed by atoms with Crippen molar-refractivity contribution < 1.29 is 19.5 Å². The highest BCUT2D eigenvalue weighted by Crippen LogP contribution is 2.09. The maximum absolute atomic E-state index is 11.5. The van der Waals surface area contributed by atoms with Gasteiger partial charge >= 0.3 is 11.8 Å². The molecule has 21 heavy (non-hydrogen) atoms. The normalized spacial score (nSPS) is 9.71. The van der Waals surface area contributed by atoms with Crippen LogP contribution in [0.25, 0.3) is 0 Å². The third kappa shape index (κ3) is 6.95. The van der Waals surface area contributed by atoms with Gasteiger partial charge in [-0.05, 0) is 30.5 Å². The number of hydrogen-bond donors (Lipinski definition) is 4. The molecule has 114 valence electrons. The van der Waals surface area contributed by atoms with Gasteiger partial charge < -0.3 is 21.1 Å². The van der Waals surface area contributed by atoms with Crippen molar-refractivity contribution in [1.82, 2.24) is 16.0 Å². The number of phenolic OH excluding ortho intramolecular Hbond substituents is 1. The Morgan fingerprint density at radius 3 is 2.24 bits per heavy atom. The summed E-state index contributed by atoms with van der Waals surface area (Å²) in [6, 6.07) is 6.64. The van der Waals surface area contributed by atoms with Crippen LogP contribution in [0.5, 0.6) is 5.75 Å². The molecule has 0 spiro atoms. The van der Waals surface area contributed by atoms with E-state index in [1.54, 1.807) is 24.3 Å². The van der Waals surface area contributed by atoms with Crippen molar-refractivity contribution in [2.24, 2.45) is 0 Å². The van der Waals surface area contributed by atoms with Gasteiger partial charge in [-0.15, -0.1) is 0 Å². The molecule has 0 aromatic heterocycles. The molecule has 1 rings (SSSR count). The summed E-state index contributed by atoms with van der Waals surface area (Å²) in [6.45, 7) is 1.11. The lowest BCUT2D eigenvalue weighted by molar-refractivity contribution is -0.139. The molecule has 0 radical (unpaired) electrons. The average Bonchev–Trinajstić information content (AvgIpc) is 2.48. The van der Waals surface area contributed by atoms with Gasteiger partial charge in [0.1, 0.15) is 5.75 Å². The van der Waals surface area contributed by atoms with Crippen molar-refractivity contribution >= 4 is 18.2 Å². The number of benzene rings is 1. The first-order chi connectivity index (χ1) is 10.1. The molecule has 0 aliphatic rings. The molecule has 0 unspecified atom stereocenters. The predicted octanol–water partition coefficient (Wildman–Crippen LogP) is -0.697. The maximum atomic E-state index is 11.5. The molecule has 1 aromatic rings. The fourth-order valence-electron chi connectivity index (χ4n) is 1.59. The maximum Gasteiger partial charge on any atom is 0.309 e. The fourth-order valence-corrected chi connectivity index (χ4v) is 1.59. The molecular weight excluding hydrogens is 274 g/mol. The van der Waals surface area contributed by atoms with E-state index in [-0.39, 0.29) is 5.75 Å². The topological polar surface area (TPSA) is 108 Å². The first-order valence-corrected chi connectivity index (χ1v) is 6.64. The van der Waals surface area contributed by atoms with Gasteiger partial charge in [0.15, 0.2) is 0 Å². The van der Waals surface area contributed by atoms with E-state index in [0.717, 1.165) is 5.56 Å². The zero-order chi connectivity index (χ0) is 15.5. The van der Waals surface area contributed by atoms with Crippen LogP contribution in [0.4, 0.5) is 0 Å². The molecule has 0 saturated carbocycles. The monoisotopic (exact) mass is 293 g/mol. The van der Waals surface area contributed by atoms with Crippen LogP contribution in [0, 0.1) is 0 Å². The minimum absolute atomic E-state index is 0.186. The molecule has 0 atom stereocenters. The fraction of sp³-hybridized carbons (Fsp3) is 0.357. The minimum atomic E-state index is -0.688. The van der Waals surface area contributed by atoms with E-state index in [9.17, 15) is 14.4 Å². The second-order valence-corrected chi connectivity index (χ2v) is 4.35. The molecule has 0 fully saturated rings. The van der Waals surface area contributed by atoms with Crippen molar-refractivity contribution in [1.29, 1.82) is 0 Å². The Balaban J connectivity index is 2.16. The standard InChI is InChI=1S/C14H19N3O4/c18-10-15-7-1-8-16-13(20)14(21)17-9-6-11-2-4-12(19)5-3-11/h2-5,10,19H,1,6-9H2,(H,15,18)(H,16,20)(H,17,21). The molecule has 7 heteroatoms. The predicted molar refractivity (Wildman–Crippen MR) is 76.5 cm³/mol. The van der Waals surface area contributed by atoms with Gasteiger partial charge in [-0.3, -0.25) is 14.4 Å². The van der Waals surface area contributed by atoms with Crippen LogP contribution >= 0.6 is 0 Å². The summed E-state index contributed by atoms with van der Waals surface area (Å²) in [6.07, 6.45) is 1.71. The summed E-state index contributed by atoms with van der Waals surface area (Å²) >= 11 is 0. The molecule has 7 nitrogen and oxygen atoms in total. The van der Waals surface area contributed by atoms with Crippen LogP contribution in [-0.4, -0.2) is 43.0 Å². The minimum Gasteiger partial charge on any atom is -0.508 e. The smallest absolute Gasteiger partial charge is 0.309 e. The van der Waals surface area contributed by atoms with E-state index in [0.29, 0.717) is 38.9 Å². The van der Waals surface area contributed by atoms with Crippen molar-refractivity contribution in [3.8, 4) is 5.75 Å². The zero-order valence-corrected chi connectivity index (χ0v) is 11.6. The summed E-state index contributed by atoms with van der Waals surface area (Å²) in [5.41, 5.74) is 0.952. The van der Waals surface area contributed by atoms with Crippen molar-refractivity contribution in [2.45, 2.75) is 12.8 Å². The number of amides is 3. The number of phenols is 1. The molecule has 0 bridgehead atoms. The summed E-state index contributed by atoms with van der Waals surface area (Å²) in [5, 5.41) is 16.6. The van der Waals surface area contributed by atoms with Gasteiger partial charge in [-0.2, -0.15) is 0 Å². The summed E-state index contributed by atoms with van der Waals surface area (Å²) < 4.78 is 0. The number of nitrogens with one attached hydrogen (secondary N) is 3. The molecule has 0 aliphatic carbocycles. The highest BCUT2D eigenvalue weighted by Gasteiger charge is 2.11. The largest absolute Gasteiger partial charge is 0.508 e. The summed E-state index contributed by atoms with van der Waals surface area (Å²) in [7, 11) is 0. The van der Waals surface area contributed by atoms with Gasteiger partial charge in [-0.1, -0.05) is 12.1 Å². The van der Waals surface area contributed by atoms with E-state index in [1.807, 2.05) is 0 Å². The molecule has 0 heterocycles. The summed E-state index contributed by atoms with van der Waals surface area (Å²) in [4.78, 5) is 32.9. The molecule has 4 N–H and O–H groups in total. The SMILES string of the molecule is O=CNCCCNC(=O)C(=O)NCCc1ccc(O)cc1. The van der Waals surface area contributed by atoms with E-state index in [2.05, 4.69) is 16.0 Å². The second kappa shape index (κ2) is 9.35. The van der Waals surface area contributed by atoms with Crippen molar-refractivity contribution in [3.63, 3.8) is 0 Å². The number of aromatic hydroxyl groups is 1. The molecular formula is C14H19N3O4. The Labute approximate surface area is 122 Å². The van der Waals surface area contributed by atoms with Crippen molar-refractivity contribution in [3.05, 3.63) is 29.8 Å². The first-order valence-electron chi connectivity index (χ1n) is 6.64. The van der Waals surface area contributed by atoms with Crippen LogP contribution in [0.3, 0.4) is 0 Å². The van der Waals surface area contributed by atoms with Gasteiger partial charge in [0.2, 0.25) is 6.41 Å². The Kier molecular flexibility index (Phi) is 7.34. The van der Waals surface area contributed by atoms with E-state index >= 15 is 0 Å². The number of carbonyl (C=O) groups is 3. The Morgan fingerprint density at radius 1 is 1.00 bits per heavy atom. The molecule has 1 aromatic carbocycles. The summed E-state index contributed by atoms with van der Waals surface area (Å²) in [5.74, 6) is -1.19. The average molecular weight is 293 g/mol. The van der Waals surface area contributed by atoms with Gasteiger partial charge in [-0.25, -0.2) is 0 Å². The van der Waals surface area contributed by atoms with Crippen LogP contribution in [0.2, 0.25) is 0 Å². The van der Waals surface area contributed by atoms with Crippen LogP contribution < -0.4 is 16.0 Å². The first kappa shape index (κ1) is 16.5. The third-order valence-corrected chi connectivity index (χ3v) is 2.71. The Bertz CT molecular complexity index is 474. The van der Waals surface area contributed by atoms with Gasteiger partial charge in [0, 0.05) is 19.6 Å². The lowest BCUT2D eigenvalue weighted by atomic mass is 10.1. The van der Waals surface area contributed by atoms with E-state index < -0.39 is 11.8 Å². The van der Waals surface area contributed by atoms with Crippen LogP contribution in [0.1, 0.15) is 12.0 Å². The van der Waals surface area contributed by atoms with Crippen LogP contribution in [0.15, 0.2) is 24.3 Å². The molecule has 0 aliphatic heterocycles. The lowest BCUT2D eigenvalue weighted by Crippen LogP contribution is -2.41. The highest BCUT2D eigenvalue weighted by molar-refractivity contribution is 6.35. The number of rotatable bonds is 8. The van der Waals surface area contributed by atoms with Crippen molar-refractivity contribution in [2.75, 3.05) is 19.6 Å². The van der Waals surface area contributed by atoms with Gasteiger partial charge in [0.25, 0.3) is 0 Å². The molecule has 3 amide bonds. The zero-order valence-electron chi connectivity index (χ0n) is 11.6. The second-order valence-electron chi connectivity index (χ2n) is 4.35. The van der Waals surface area contributed by atoms with E-state index in [4.69, 9.17) is 5.11 Å². The highest BCUT2D eigenvalue weighted by atomic mass is 16.3. The quantitative estimate of drug-likeness (QED) is 0.289. The number of carbonyl (C=O) groups excluding carboxylic acids is 3. The van der Waals surface area contributed by atoms with E-state index in [1.165, 1.54) is 0 Å². The van der Waals surface area contributed by atoms with Gasteiger partial charge in [0.05, 0.1) is 0 Å². The van der Waals surface area contributed by atoms with Crippen LogP contribution in [-0.2, 0) is 20.8 Å². The lowest BCUT2D eigenvalue weighted by Gasteiger charge is -2.06. The Hall–Kier alpha value is -2.57. The third-order valence-electron chi connectivity index (χ3n) is 2.71. The molecule has 0 saturated heterocycles.